The van der Waals surface area contributed by atoms with Gasteiger partial charge >= 0.3 is 6.03 Å². The lowest BCUT2D eigenvalue weighted by atomic mass is 10.2. The van der Waals surface area contributed by atoms with Crippen LogP contribution in [0, 0.1) is 0 Å². The molecule has 0 spiro atoms. The first-order valence-corrected chi connectivity index (χ1v) is 8.91. The highest BCUT2D eigenvalue weighted by atomic mass is 35.5. The Bertz CT molecular complexity index is 958. The van der Waals surface area contributed by atoms with Crippen LogP contribution in [0.4, 0.5) is 16.2 Å². The Morgan fingerprint density at radius 2 is 1.69 bits per heavy atom. The van der Waals surface area contributed by atoms with Gasteiger partial charge in [-0.25, -0.2) is 4.79 Å². The van der Waals surface area contributed by atoms with Crippen molar-refractivity contribution in [3.8, 4) is 0 Å². The van der Waals surface area contributed by atoms with Crippen molar-refractivity contribution in [1.82, 2.24) is 9.78 Å². The normalized spacial score (nSPS) is 10.6. The minimum absolute atomic E-state index is 0.358. The van der Waals surface area contributed by atoms with Crippen molar-refractivity contribution in [2.45, 2.75) is 6.54 Å². The third-order valence-corrected chi connectivity index (χ3v) is 4.74. The van der Waals surface area contributed by atoms with Crippen molar-refractivity contribution in [2.24, 2.45) is 0 Å². The van der Waals surface area contributed by atoms with E-state index >= 15 is 0 Å². The average Bonchev–Trinajstić information content (AvgIpc) is 3.00. The van der Waals surface area contributed by atoms with E-state index in [1.807, 2.05) is 6.07 Å². The molecule has 134 valence electrons. The molecule has 9 heteroatoms. The molecule has 0 fully saturated rings. The number of amides is 2. The van der Waals surface area contributed by atoms with E-state index in [1.54, 1.807) is 41.2 Å². The second kappa shape index (κ2) is 8.18. The molecule has 3 aromatic rings. The number of rotatable bonds is 4. The van der Waals surface area contributed by atoms with Gasteiger partial charge in [-0.2, -0.15) is 5.10 Å². The van der Waals surface area contributed by atoms with E-state index in [-0.39, 0.29) is 0 Å². The number of carbonyl (C=O) groups excluding carboxylic acids is 1. The molecule has 0 atom stereocenters. The summed E-state index contributed by atoms with van der Waals surface area (Å²) in [6.07, 6.45) is 3.23. The molecule has 3 rings (SSSR count). The van der Waals surface area contributed by atoms with E-state index in [2.05, 4.69) is 15.7 Å². The molecule has 5 nitrogen and oxygen atoms in total. The van der Waals surface area contributed by atoms with Gasteiger partial charge in [-0.1, -0.05) is 52.5 Å². The Hall–Kier alpha value is -1.92. The summed E-state index contributed by atoms with van der Waals surface area (Å²) in [4.78, 5) is 12.1. The predicted molar refractivity (Wildman–Crippen MR) is 107 cm³/mol. The van der Waals surface area contributed by atoms with Gasteiger partial charge in [-0.15, -0.1) is 0 Å². The molecule has 2 N–H and O–H groups in total. The van der Waals surface area contributed by atoms with Crippen LogP contribution in [-0.4, -0.2) is 15.8 Å². The summed E-state index contributed by atoms with van der Waals surface area (Å²) >= 11 is 23.8. The van der Waals surface area contributed by atoms with Gasteiger partial charge in [0.25, 0.3) is 0 Å². The molecule has 1 heterocycles. The molecule has 0 aliphatic rings. The highest BCUT2D eigenvalue weighted by Crippen LogP contribution is 2.25. The van der Waals surface area contributed by atoms with Gasteiger partial charge in [0.1, 0.15) is 0 Å². The molecule has 0 unspecified atom stereocenters. The zero-order valence-corrected chi connectivity index (χ0v) is 16.2. The Morgan fingerprint density at radius 3 is 2.42 bits per heavy atom. The minimum Gasteiger partial charge on any atom is -0.308 e. The van der Waals surface area contributed by atoms with E-state index in [0.717, 1.165) is 5.56 Å². The highest BCUT2D eigenvalue weighted by molar-refractivity contribution is 6.42. The lowest BCUT2D eigenvalue weighted by Crippen LogP contribution is -2.19. The lowest BCUT2D eigenvalue weighted by molar-refractivity contribution is 0.262. The molecule has 0 radical (unpaired) electrons. The maximum absolute atomic E-state index is 12.1. The largest absolute Gasteiger partial charge is 0.323 e. The summed E-state index contributed by atoms with van der Waals surface area (Å²) in [6, 6.07) is 9.66. The average molecular weight is 430 g/mol. The third kappa shape index (κ3) is 4.83. The summed E-state index contributed by atoms with van der Waals surface area (Å²) in [5.74, 6) is 0. The number of halogens is 4. The molecule has 0 saturated carbocycles. The summed E-state index contributed by atoms with van der Waals surface area (Å²) in [6.45, 7) is 0.450. The zero-order valence-electron chi connectivity index (χ0n) is 13.1. The van der Waals surface area contributed by atoms with E-state index in [4.69, 9.17) is 46.4 Å². The SMILES string of the molecule is O=C(Nc1ccc(Cl)c(Cl)c1)Nc1cnn(Cc2ccc(Cl)cc2Cl)c1. The van der Waals surface area contributed by atoms with Crippen LogP contribution in [-0.2, 0) is 6.54 Å². The topological polar surface area (TPSA) is 59.0 Å². The number of hydrogen-bond donors (Lipinski definition) is 2. The number of urea groups is 1. The number of nitrogens with zero attached hydrogens (tertiary/aromatic N) is 2. The van der Waals surface area contributed by atoms with Crippen molar-refractivity contribution in [3.05, 3.63) is 74.4 Å². The number of hydrogen-bond acceptors (Lipinski definition) is 2. The van der Waals surface area contributed by atoms with Crippen LogP contribution in [0.3, 0.4) is 0 Å². The van der Waals surface area contributed by atoms with Crippen LogP contribution in [0.2, 0.25) is 20.1 Å². The first kappa shape index (κ1) is 18.9. The molecular formula is C17H12Cl4N4O. The summed E-state index contributed by atoms with van der Waals surface area (Å²) in [5, 5.41) is 11.5. The van der Waals surface area contributed by atoms with Crippen molar-refractivity contribution < 1.29 is 4.79 Å². The number of anilines is 2. The standard InChI is InChI=1S/C17H12Cl4N4O/c18-11-2-1-10(15(20)5-11)8-25-9-13(7-22-25)24-17(26)23-12-3-4-14(19)16(21)6-12/h1-7,9H,8H2,(H2,23,24,26). The second-order valence-electron chi connectivity index (χ2n) is 5.37. The van der Waals surface area contributed by atoms with Crippen molar-refractivity contribution in [3.63, 3.8) is 0 Å². The molecule has 0 aliphatic carbocycles. The van der Waals surface area contributed by atoms with Gasteiger partial charge < -0.3 is 10.6 Å². The number of benzene rings is 2. The second-order valence-corrected chi connectivity index (χ2v) is 7.03. The molecule has 2 amide bonds. The zero-order chi connectivity index (χ0) is 18.7. The van der Waals surface area contributed by atoms with E-state index in [9.17, 15) is 4.79 Å². The predicted octanol–water partition coefficient (Wildman–Crippen LogP) is 6.19. The molecule has 1 aromatic heterocycles. The lowest BCUT2D eigenvalue weighted by Gasteiger charge is -2.07. The smallest absolute Gasteiger partial charge is 0.308 e. The van der Waals surface area contributed by atoms with Gasteiger partial charge in [0, 0.05) is 21.9 Å². The number of carbonyl (C=O) groups is 1. The molecule has 26 heavy (non-hydrogen) atoms. The van der Waals surface area contributed by atoms with Crippen molar-refractivity contribution >= 4 is 63.8 Å². The number of aromatic nitrogens is 2. The van der Waals surface area contributed by atoms with Crippen LogP contribution in [0.5, 0.6) is 0 Å². The van der Waals surface area contributed by atoms with Gasteiger partial charge in [0.05, 0.1) is 28.5 Å². The molecule has 0 aliphatic heterocycles. The van der Waals surface area contributed by atoms with Gasteiger partial charge in [-0.05, 0) is 35.9 Å². The number of nitrogens with one attached hydrogen (secondary N) is 2. The summed E-state index contributed by atoms with van der Waals surface area (Å²) in [7, 11) is 0. The first-order valence-electron chi connectivity index (χ1n) is 7.40. The fourth-order valence-electron chi connectivity index (χ4n) is 2.21. The summed E-state index contributed by atoms with van der Waals surface area (Å²) < 4.78 is 1.66. The highest BCUT2D eigenvalue weighted by Gasteiger charge is 2.08. The van der Waals surface area contributed by atoms with Crippen LogP contribution in [0.25, 0.3) is 0 Å². The maximum Gasteiger partial charge on any atom is 0.323 e. The molecular weight excluding hydrogens is 418 g/mol. The third-order valence-electron chi connectivity index (χ3n) is 3.42. The molecule has 2 aromatic carbocycles. The molecule has 0 saturated heterocycles. The van der Waals surface area contributed by atoms with Crippen LogP contribution >= 0.6 is 46.4 Å². The van der Waals surface area contributed by atoms with Crippen molar-refractivity contribution in [1.29, 1.82) is 0 Å². The quantitative estimate of drug-likeness (QED) is 0.519. The van der Waals surface area contributed by atoms with Gasteiger partial charge in [0.15, 0.2) is 0 Å². The summed E-state index contributed by atoms with van der Waals surface area (Å²) in [5.41, 5.74) is 1.93. The Morgan fingerprint density at radius 1 is 0.923 bits per heavy atom. The monoisotopic (exact) mass is 428 g/mol. The fourth-order valence-corrected chi connectivity index (χ4v) is 2.97. The Labute approximate surface area is 169 Å². The fraction of sp³-hybridized carbons (Fsp3) is 0.0588. The van der Waals surface area contributed by atoms with Crippen LogP contribution in [0.1, 0.15) is 5.56 Å². The minimum atomic E-state index is -0.424. The van der Waals surface area contributed by atoms with E-state index in [0.29, 0.717) is 38.0 Å². The maximum atomic E-state index is 12.1. The van der Waals surface area contributed by atoms with Gasteiger partial charge in [0.2, 0.25) is 0 Å². The molecule has 0 bridgehead atoms. The van der Waals surface area contributed by atoms with Crippen LogP contribution in [0.15, 0.2) is 48.8 Å². The van der Waals surface area contributed by atoms with Crippen molar-refractivity contribution in [2.75, 3.05) is 10.6 Å². The van der Waals surface area contributed by atoms with Crippen LogP contribution < -0.4 is 10.6 Å². The van der Waals surface area contributed by atoms with E-state index in [1.165, 1.54) is 6.20 Å². The Kier molecular flexibility index (Phi) is 5.94. The van der Waals surface area contributed by atoms with Gasteiger partial charge in [-0.3, -0.25) is 4.68 Å². The van der Waals surface area contributed by atoms with E-state index < -0.39 is 6.03 Å². The Balaban J connectivity index is 1.62. The first-order chi connectivity index (χ1) is 12.4.